The SMILES string of the molecule is CNc1cc(Nc2cccn(-c3ccccn3)c2=O)nc2c(C(N)=O)cnn12.COC1CCC1. The molecular weight excluding hydrogens is 436 g/mol. The summed E-state index contributed by atoms with van der Waals surface area (Å²) in [7, 11) is 3.49. The number of pyridine rings is 2. The number of carbonyl (C=O) groups is 1. The topological polar surface area (TPSA) is 141 Å². The number of ether oxygens (including phenoxy) is 1. The van der Waals surface area contributed by atoms with Crippen LogP contribution in [0.2, 0.25) is 0 Å². The molecule has 11 heteroatoms. The normalized spacial score (nSPS) is 13.0. The molecule has 5 rings (SSSR count). The number of nitrogens with two attached hydrogens (primary N) is 1. The number of carbonyl (C=O) groups excluding carboxylic acids is 1. The van der Waals surface area contributed by atoms with E-state index in [1.165, 1.54) is 34.5 Å². The Hall–Kier alpha value is -4.25. The molecule has 1 amide bonds. The Morgan fingerprint density at radius 2 is 2.06 bits per heavy atom. The summed E-state index contributed by atoms with van der Waals surface area (Å²) in [4.78, 5) is 33.1. The first kappa shape index (κ1) is 22.9. The van der Waals surface area contributed by atoms with Crippen LogP contribution in [0.3, 0.4) is 0 Å². The maximum Gasteiger partial charge on any atom is 0.279 e. The van der Waals surface area contributed by atoms with Gasteiger partial charge in [0, 0.05) is 32.6 Å². The lowest BCUT2D eigenvalue weighted by molar-refractivity contribution is 0.0412. The highest BCUT2D eigenvalue weighted by molar-refractivity contribution is 5.98. The molecule has 4 aromatic heterocycles. The predicted octanol–water partition coefficient (Wildman–Crippen LogP) is 2.34. The molecule has 0 aromatic carbocycles. The average Bonchev–Trinajstić information content (AvgIpc) is 3.24. The van der Waals surface area contributed by atoms with Gasteiger partial charge >= 0.3 is 0 Å². The van der Waals surface area contributed by atoms with Gasteiger partial charge in [-0.05, 0) is 43.5 Å². The summed E-state index contributed by atoms with van der Waals surface area (Å²) in [5.74, 6) is 0.790. The number of amides is 1. The van der Waals surface area contributed by atoms with E-state index in [9.17, 15) is 9.59 Å². The summed E-state index contributed by atoms with van der Waals surface area (Å²) in [6.07, 6.45) is 9.16. The quantitative estimate of drug-likeness (QED) is 0.396. The standard InChI is InChI=1S/C18H16N8O2.C5H10O/c1-20-15-9-13(24-17-11(16(19)27)10-22-26(15)17)23-12-5-4-8-25(18(12)28)14-6-2-3-7-21-14;1-6-5-3-2-4-5/h2-10,20H,1H3,(H2,19,27)(H,23,24);5H,2-4H2,1H3. The molecule has 4 heterocycles. The van der Waals surface area contributed by atoms with Crippen LogP contribution in [0.1, 0.15) is 29.6 Å². The lowest BCUT2D eigenvalue weighted by Gasteiger charge is -2.22. The fraction of sp³-hybridized carbons (Fsp3) is 0.261. The van der Waals surface area contributed by atoms with Crippen molar-refractivity contribution in [2.45, 2.75) is 25.4 Å². The number of methoxy groups -OCH3 is 1. The molecule has 1 saturated carbocycles. The van der Waals surface area contributed by atoms with Crippen LogP contribution in [0.4, 0.5) is 17.3 Å². The lowest BCUT2D eigenvalue weighted by atomic mass is 9.96. The van der Waals surface area contributed by atoms with Gasteiger partial charge in [-0.3, -0.25) is 14.2 Å². The molecule has 34 heavy (non-hydrogen) atoms. The molecule has 11 nitrogen and oxygen atoms in total. The van der Waals surface area contributed by atoms with Crippen molar-refractivity contribution in [2.24, 2.45) is 5.73 Å². The van der Waals surface area contributed by atoms with Gasteiger partial charge in [0.2, 0.25) is 0 Å². The van der Waals surface area contributed by atoms with Gasteiger partial charge in [-0.15, -0.1) is 0 Å². The number of hydrogen-bond donors (Lipinski definition) is 3. The summed E-state index contributed by atoms with van der Waals surface area (Å²) in [6.45, 7) is 0. The minimum atomic E-state index is -0.640. The molecule has 0 atom stereocenters. The number of primary amides is 1. The van der Waals surface area contributed by atoms with Gasteiger partial charge in [0.25, 0.3) is 11.5 Å². The smallest absolute Gasteiger partial charge is 0.279 e. The van der Waals surface area contributed by atoms with E-state index in [1.807, 2.05) is 0 Å². The van der Waals surface area contributed by atoms with Gasteiger partial charge in [0.1, 0.15) is 28.7 Å². The van der Waals surface area contributed by atoms with E-state index in [0.717, 1.165) is 0 Å². The Morgan fingerprint density at radius 1 is 1.24 bits per heavy atom. The van der Waals surface area contributed by atoms with E-state index in [1.54, 1.807) is 62.9 Å². The summed E-state index contributed by atoms with van der Waals surface area (Å²) in [5, 5.41) is 10.1. The highest BCUT2D eigenvalue weighted by Gasteiger charge is 2.16. The first-order valence-corrected chi connectivity index (χ1v) is 10.8. The Morgan fingerprint density at radius 3 is 2.65 bits per heavy atom. The molecule has 4 aromatic rings. The van der Waals surface area contributed by atoms with Crippen molar-refractivity contribution in [3.8, 4) is 5.82 Å². The van der Waals surface area contributed by atoms with Crippen molar-refractivity contribution in [1.29, 1.82) is 0 Å². The number of aromatic nitrogens is 5. The van der Waals surface area contributed by atoms with Gasteiger partial charge in [0.15, 0.2) is 5.65 Å². The molecule has 176 valence electrons. The van der Waals surface area contributed by atoms with Crippen molar-refractivity contribution in [2.75, 3.05) is 24.8 Å². The zero-order valence-electron chi connectivity index (χ0n) is 18.9. The number of nitrogens with zero attached hydrogens (tertiary/aromatic N) is 5. The van der Waals surface area contributed by atoms with Crippen LogP contribution in [0.15, 0.2) is 59.8 Å². The highest BCUT2D eigenvalue weighted by Crippen LogP contribution is 2.21. The van der Waals surface area contributed by atoms with E-state index >= 15 is 0 Å². The van der Waals surface area contributed by atoms with Crippen LogP contribution in [0.5, 0.6) is 0 Å². The van der Waals surface area contributed by atoms with Gasteiger partial charge in [0.05, 0.1) is 12.3 Å². The number of anilines is 3. The van der Waals surface area contributed by atoms with Crippen LogP contribution in [-0.2, 0) is 4.74 Å². The Bertz CT molecular complexity index is 1340. The van der Waals surface area contributed by atoms with E-state index < -0.39 is 5.91 Å². The summed E-state index contributed by atoms with van der Waals surface area (Å²) >= 11 is 0. The van der Waals surface area contributed by atoms with Gasteiger partial charge < -0.3 is 21.1 Å². The Balaban J connectivity index is 0.000000398. The van der Waals surface area contributed by atoms with Crippen molar-refractivity contribution < 1.29 is 9.53 Å². The van der Waals surface area contributed by atoms with Crippen molar-refractivity contribution in [1.82, 2.24) is 24.1 Å². The summed E-state index contributed by atoms with van der Waals surface area (Å²) < 4.78 is 7.87. The van der Waals surface area contributed by atoms with Crippen LogP contribution >= 0.6 is 0 Å². The van der Waals surface area contributed by atoms with E-state index in [4.69, 9.17) is 10.5 Å². The maximum atomic E-state index is 12.8. The number of nitrogens with one attached hydrogen (secondary N) is 2. The second kappa shape index (κ2) is 10.1. The van der Waals surface area contributed by atoms with E-state index in [2.05, 4.69) is 25.7 Å². The molecule has 1 aliphatic carbocycles. The molecule has 0 spiro atoms. The van der Waals surface area contributed by atoms with Gasteiger partial charge in [-0.2, -0.15) is 9.61 Å². The first-order chi connectivity index (χ1) is 16.5. The number of hydrogen-bond acceptors (Lipinski definition) is 8. The molecule has 1 aliphatic rings. The number of fused-ring (bicyclic) bond motifs is 1. The maximum absolute atomic E-state index is 12.8. The molecule has 0 saturated heterocycles. The van der Waals surface area contributed by atoms with Crippen molar-refractivity contribution >= 4 is 28.9 Å². The van der Waals surface area contributed by atoms with Gasteiger partial charge in [-0.25, -0.2) is 9.97 Å². The van der Waals surface area contributed by atoms with Crippen LogP contribution < -0.4 is 21.9 Å². The third-order valence-corrected chi connectivity index (χ3v) is 5.49. The molecule has 0 radical (unpaired) electrons. The Kier molecular flexibility index (Phi) is 6.83. The van der Waals surface area contributed by atoms with E-state index in [0.29, 0.717) is 29.2 Å². The molecule has 0 aliphatic heterocycles. The summed E-state index contributed by atoms with van der Waals surface area (Å²) in [5.41, 5.74) is 5.86. The summed E-state index contributed by atoms with van der Waals surface area (Å²) in [6, 6.07) is 10.3. The van der Waals surface area contributed by atoms with E-state index in [-0.39, 0.29) is 16.8 Å². The van der Waals surface area contributed by atoms with Crippen LogP contribution in [0, 0.1) is 0 Å². The van der Waals surface area contributed by atoms with Crippen molar-refractivity contribution in [3.63, 3.8) is 0 Å². The number of rotatable bonds is 6. The monoisotopic (exact) mass is 462 g/mol. The lowest BCUT2D eigenvalue weighted by Crippen LogP contribution is -2.21. The minimum absolute atomic E-state index is 0.180. The largest absolute Gasteiger partial charge is 0.381 e. The molecular formula is C23H26N8O3. The minimum Gasteiger partial charge on any atom is -0.381 e. The fourth-order valence-corrected chi connectivity index (χ4v) is 3.39. The molecule has 0 unspecified atom stereocenters. The average molecular weight is 463 g/mol. The second-order valence-electron chi connectivity index (χ2n) is 7.63. The third-order valence-electron chi connectivity index (χ3n) is 5.49. The first-order valence-electron chi connectivity index (χ1n) is 10.8. The molecule has 1 fully saturated rings. The van der Waals surface area contributed by atoms with Gasteiger partial charge in [-0.1, -0.05) is 6.07 Å². The van der Waals surface area contributed by atoms with Crippen LogP contribution in [0.25, 0.3) is 11.5 Å². The third kappa shape index (κ3) is 4.74. The van der Waals surface area contributed by atoms with Crippen molar-refractivity contribution in [3.05, 3.63) is 70.9 Å². The molecule has 0 bridgehead atoms. The second-order valence-corrected chi connectivity index (χ2v) is 7.63. The molecule has 4 N–H and O–H groups in total. The zero-order valence-corrected chi connectivity index (χ0v) is 18.9. The zero-order chi connectivity index (χ0) is 24.1. The van der Waals surface area contributed by atoms with Crippen LogP contribution in [-0.4, -0.2) is 50.3 Å². The highest BCUT2D eigenvalue weighted by atomic mass is 16.5. The fourth-order valence-electron chi connectivity index (χ4n) is 3.39. The predicted molar refractivity (Wildman–Crippen MR) is 129 cm³/mol. The Labute approximate surface area is 195 Å².